The van der Waals surface area contributed by atoms with Gasteiger partial charge in [0.05, 0.1) is 29.3 Å². The van der Waals surface area contributed by atoms with Gasteiger partial charge in [0.25, 0.3) is 0 Å². The van der Waals surface area contributed by atoms with E-state index in [2.05, 4.69) is 10.2 Å². The molecule has 0 spiro atoms. The molecule has 1 saturated heterocycles. The number of nitrogens with one attached hydrogen (secondary N) is 1. The number of aromatic nitrogens is 1. The Bertz CT molecular complexity index is 840. The maximum absolute atomic E-state index is 12.8. The number of benzene rings is 1. The highest BCUT2D eigenvalue weighted by molar-refractivity contribution is 7.22. The van der Waals surface area contributed by atoms with Crippen LogP contribution in [0.1, 0.15) is 19.3 Å². The standard InChI is InChI=1S/C19H24N4O2S.2ClH/c20-17-12-2-1-11(9-12)16(17)18(24)21-13-3-4-14-15(10-13)26-19(22-14)23-5-7-25-8-6-23;;/h3-4,10-12,16-17H,1-2,5-9,20H2,(H,21,24);2*1H. The maximum Gasteiger partial charge on any atom is 0.229 e. The summed E-state index contributed by atoms with van der Waals surface area (Å²) in [7, 11) is 0. The van der Waals surface area contributed by atoms with Gasteiger partial charge >= 0.3 is 0 Å². The van der Waals surface area contributed by atoms with E-state index >= 15 is 0 Å². The number of thiazole rings is 1. The van der Waals surface area contributed by atoms with E-state index in [1.54, 1.807) is 11.3 Å². The van der Waals surface area contributed by atoms with Gasteiger partial charge in [-0.15, -0.1) is 24.8 Å². The summed E-state index contributed by atoms with van der Waals surface area (Å²) >= 11 is 1.67. The van der Waals surface area contributed by atoms with Gasteiger partial charge in [-0.3, -0.25) is 4.79 Å². The minimum absolute atomic E-state index is 0. The largest absolute Gasteiger partial charge is 0.378 e. The Hall–Kier alpha value is -1.12. The predicted molar refractivity (Wildman–Crippen MR) is 118 cm³/mol. The quantitative estimate of drug-likeness (QED) is 0.758. The fourth-order valence-electron chi connectivity index (χ4n) is 4.83. The normalized spacial score (nSPS) is 28.7. The fraction of sp³-hybridized carbons (Fsp3) is 0.579. The van der Waals surface area contributed by atoms with Crippen LogP contribution in [0, 0.1) is 17.8 Å². The van der Waals surface area contributed by atoms with Gasteiger partial charge in [0.2, 0.25) is 5.91 Å². The molecule has 1 amide bonds. The summed E-state index contributed by atoms with van der Waals surface area (Å²) in [4.78, 5) is 19.8. The van der Waals surface area contributed by atoms with Gasteiger partial charge in [0.15, 0.2) is 5.13 Å². The molecule has 3 fully saturated rings. The van der Waals surface area contributed by atoms with Crippen LogP contribution in [0.4, 0.5) is 10.8 Å². The van der Waals surface area contributed by atoms with Crippen molar-refractivity contribution in [1.82, 2.24) is 4.98 Å². The maximum atomic E-state index is 12.8. The third-order valence-electron chi connectivity index (χ3n) is 6.21. The molecule has 28 heavy (non-hydrogen) atoms. The highest BCUT2D eigenvalue weighted by Crippen LogP contribution is 2.48. The van der Waals surface area contributed by atoms with E-state index in [0.29, 0.717) is 11.8 Å². The Labute approximate surface area is 181 Å². The highest BCUT2D eigenvalue weighted by Gasteiger charge is 2.49. The van der Waals surface area contributed by atoms with Crippen molar-refractivity contribution in [1.29, 1.82) is 0 Å². The first-order chi connectivity index (χ1) is 12.7. The van der Waals surface area contributed by atoms with Gasteiger partial charge in [-0.1, -0.05) is 11.3 Å². The van der Waals surface area contributed by atoms with Gasteiger partial charge in [-0.2, -0.15) is 0 Å². The van der Waals surface area contributed by atoms with E-state index in [4.69, 9.17) is 15.5 Å². The molecule has 154 valence electrons. The number of anilines is 2. The lowest BCUT2D eigenvalue weighted by atomic mass is 9.84. The van der Waals surface area contributed by atoms with Crippen molar-refractivity contribution < 1.29 is 9.53 Å². The average molecular weight is 445 g/mol. The number of amides is 1. The molecule has 2 saturated carbocycles. The van der Waals surface area contributed by atoms with Gasteiger partial charge in [0, 0.05) is 24.8 Å². The van der Waals surface area contributed by atoms with Crippen LogP contribution in [0.3, 0.4) is 0 Å². The van der Waals surface area contributed by atoms with Crippen molar-refractivity contribution in [2.24, 2.45) is 23.5 Å². The Morgan fingerprint density at radius 3 is 2.68 bits per heavy atom. The smallest absolute Gasteiger partial charge is 0.229 e. The molecule has 1 aromatic heterocycles. The Kier molecular flexibility index (Phi) is 6.72. The molecule has 5 rings (SSSR count). The van der Waals surface area contributed by atoms with E-state index in [-0.39, 0.29) is 42.7 Å². The zero-order valence-electron chi connectivity index (χ0n) is 15.5. The van der Waals surface area contributed by atoms with Crippen LogP contribution in [-0.2, 0) is 9.53 Å². The van der Waals surface area contributed by atoms with Crippen LogP contribution in [0.15, 0.2) is 18.2 Å². The minimum atomic E-state index is -0.0326. The molecule has 1 aromatic carbocycles. The number of fused-ring (bicyclic) bond motifs is 3. The number of rotatable bonds is 3. The minimum Gasteiger partial charge on any atom is -0.378 e. The number of carbonyl (C=O) groups excluding carboxylic acids is 1. The Morgan fingerprint density at radius 2 is 1.96 bits per heavy atom. The van der Waals surface area contributed by atoms with Crippen LogP contribution in [0.5, 0.6) is 0 Å². The SMILES string of the molecule is Cl.Cl.NC1C2CCC(C2)C1C(=O)Nc1ccc2nc(N3CCOCC3)sc2c1. The van der Waals surface area contributed by atoms with Crippen LogP contribution in [0.25, 0.3) is 10.2 Å². The van der Waals surface area contributed by atoms with Gasteiger partial charge in [-0.05, 0) is 49.3 Å². The summed E-state index contributed by atoms with van der Waals surface area (Å²) < 4.78 is 6.51. The Morgan fingerprint density at radius 1 is 1.21 bits per heavy atom. The lowest BCUT2D eigenvalue weighted by Crippen LogP contribution is -2.42. The molecule has 4 atom stereocenters. The first kappa shape index (κ1) is 21.6. The van der Waals surface area contributed by atoms with E-state index < -0.39 is 0 Å². The third kappa shape index (κ3) is 3.83. The number of ether oxygens (including phenoxy) is 1. The lowest BCUT2D eigenvalue weighted by Gasteiger charge is -2.27. The van der Waals surface area contributed by atoms with E-state index in [9.17, 15) is 4.79 Å². The molecule has 0 radical (unpaired) electrons. The first-order valence-corrected chi connectivity index (χ1v) is 10.3. The highest BCUT2D eigenvalue weighted by atomic mass is 35.5. The fourth-order valence-corrected chi connectivity index (χ4v) is 5.89. The number of nitrogens with two attached hydrogens (primary N) is 1. The summed E-state index contributed by atoms with van der Waals surface area (Å²) in [6, 6.07) is 6.00. The molecular weight excluding hydrogens is 419 g/mol. The van der Waals surface area contributed by atoms with Crippen molar-refractivity contribution in [2.75, 3.05) is 36.5 Å². The van der Waals surface area contributed by atoms with Crippen LogP contribution in [-0.4, -0.2) is 43.2 Å². The lowest BCUT2D eigenvalue weighted by molar-refractivity contribution is -0.121. The van der Waals surface area contributed by atoms with E-state index in [1.165, 1.54) is 6.42 Å². The summed E-state index contributed by atoms with van der Waals surface area (Å²) in [5, 5.41) is 4.14. The molecule has 2 heterocycles. The molecule has 4 unspecified atom stereocenters. The van der Waals surface area contributed by atoms with Crippen molar-refractivity contribution in [3.05, 3.63) is 18.2 Å². The average Bonchev–Trinajstić information content (AvgIpc) is 3.36. The van der Waals surface area contributed by atoms with Crippen molar-refractivity contribution >= 4 is 63.1 Å². The summed E-state index contributed by atoms with van der Waals surface area (Å²) in [6.45, 7) is 3.26. The van der Waals surface area contributed by atoms with E-state index in [1.807, 2.05) is 18.2 Å². The monoisotopic (exact) mass is 444 g/mol. The molecule has 2 aromatic rings. The first-order valence-electron chi connectivity index (χ1n) is 9.49. The van der Waals surface area contributed by atoms with Crippen LogP contribution < -0.4 is 16.0 Å². The molecule has 2 aliphatic carbocycles. The number of nitrogens with zero attached hydrogens (tertiary/aromatic N) is 2. The molecule has 2 bridgehead atoms. The van der Waals surface area contributed by atoms with Gasteiger partial charge in [-0.25, -0.2) is 4.98 Å². The third-order valence-corrected chi connectivity index (χ3v) is 7.29. The summed E-state index contributed by atoms with van der Waals surface area (Å²) in [6.07, 6.45) is 3.45. The van der Waals surface area contributed by atoms with Crippen molar-refractivity contribution in [3.63, 3.8) is 0 Å². The number of hydrogen-bond acceptors (Lipinski definition) is 6. The van der Waals surface area contributed by atoms with Gasteiger partial charge < -0.3 is 20.7 Å². The molecule has 9 heteroatoms. The second-order valence-electron chi connectivity index (χ2n) is 7.70. The number of morpholine rings is 1. The van der Waals surface area contributed by atoms with Crippen LogP contribution in [0.2, 0.25) is 0 Å². The van der Waals surface area contributed by atoms with Crippen molar-refractivity contribution in [2.45, 2.75) is 25.3 Å². The second kappa shape index (κ2) is 8.71. The Balaban J connectivity index is 0.00000112. The molecular formula is C19H26Cl2N4O2S. The summed E-state index contributed by atoms with van der Waals surface area (Å²) in [5.41, 5.74) is 8.13. The molecule has 6 nitrogen and oxygen atoms in total. The zero-order valence-corrected chi connectivity index (χ0v) is 18.0. The molecule has 1 aliphatic heterocycles. The van der Waals surface area contributed by atoms with Gasteiger partial charge in [0.1, 0.15) is 0 Å². The van der Waals surface area contributed by atoms with E-state index in [0.717, 1.165) is 60.2 Å². The van der Waals surface area contributed by atoms with Crippen LogP contribution >= 0.6 is 36.2 Å². The number of carbonyl (C=O) groups is 1. The zero-order chi connectivity index (χ0) is 17.7. The predicted octanol–water partition coefficient (Wildman–Crippen LogP) is 3.29. The summed E-state index contributed by atoms with van der Waals surface area (Å²) in [5.74, 6) is 1.06. The number of hydrogen-bond donors (Lipinski definition) is 2. The topological polar surface area (TPSA) is 80.5 Å². The van der Waals surface area contributed by atoms with Crippen molar-refractivity contribution in [3.8, 4) is 0 Å². The molecule has 3 aliphatic rings. The molecule has 3 N–H and O–H groups in total. The number of halogens is 2. The second-order valence-corrected chi connectivity index (χ2v) is 8.71.